The number of carbonyl (C=O) groups is 1. The van der Waals surface area contributed by atoms with Crippen LogP contribution in [0.4, 0.5) is 0 Å². The zero-order valence-electron chi connectivity index (χ0n) is 9.14. The summed E-state index contributed by atoms with van der Waals surface area (Å²) in [6.45, 7) is 3.67. The lowest BCUT2D eigenvalue weighted by molar-refractivity contribution is 0.0948. The van der Waals surface area contributed by atoms with Crippen LogP contribution in [0.1, 0.15) is 17.3 Å². The molecule has 1 unspecified atom stereocenters. The van der Waals surface area contributed by atoms with Gasteiger partial charge in [0.15, 0.2) is 0 Å². The molecule has 1 aromatic heterocycles. The Morgan fingerprint density at radius 3 is 2.69 bits per heavy atom. The second-order valence-electron chi connectivity index (χ2n) is 3.61. The highest BCUT2D eigenvalue weighted by Crippen LogP contribution is 2.31. The molecule has 0 aliphatic carbocycles. The maximum Gasteiger partial charge on any atom is 0.253 e. The molecule has 6 heteroatoms. The van der Waals surface area contributed by atoms with Crippen LogP contribution in [0.25, 0.3) is 0 Å². The maximum atomic E-state index is 11.8. The minimum Gasteiger partial charge on any atom is -0.352 e. The molecule has 90 valence electrons. The number of nitrogens with one attached hydrogen (secondary N) is 2. The van der Waals surface area contributed by atoms with E-state index in [4.69, 9.17) is 0 Å². The van der Waals surface area contributed by atoms with Crippen LogP contribution in [0, 0.1) is 5.92 Å². The third-order valence-corrected chi connectivity index (χ3v) is 4.40. The topological polar surface area (TPSA) is 41.1 Å². The van der Waals surface area contributed by atoms with E-state index in [1.54, 1.807) is 0 Å². The van der Waals surface area contributed by atoms with Gasteiger partial charge in [-0.3, -0.25) is 4.79 Å². The van der Waals surface area contributed by atoms with Crippen LogP contribution in [0.2, 0.25) is 0 Å². The summed E-state index contributed by atoms with van der Waals surface area (Å²) in [4.78, 5) is 11.8. The molecule has 3 nitrogen and oxygen atoms in total. The predicted molar refractivity (Wildman–Crippen MR) is 75.1 cm³/mol. The number of hydrogen-bond acceptors (Lipinski definition) is 3. The summed E-state index contributed by atoms with van der Waals surface area (Å²) in [6.07, 6.45) is 0. The fourth-order valence-corrected chi connectivity index (χ4v) is 4.07. The van der Waals surface area contributed by atoms with Gasteiger partial charge >= 0.3 is 0 Å². The lowest BCUT2D eigenvalue weighted by Gasteiger charge is -2.11. The first kappa shape index (κ1) is 14.2. The smallest absolute Gasteiger partial charge is 0.253 e. The number of halogens is 2. The molecule has 0 bridgehead atoms. The van der Waals surface area contributed by atoms with Gasteiger partial charge in [-0.2, -0.15) is 0 Å². The van der Waals surface area contributed by atoms with Crippen molar-refractivity contribution in [2.24, 2.45) is 5.92 Å². The van der Waals surface area contributed by atoms with Crippen molar-refractivity contribution in [2.45, 2.75) is 6.92 Å². The second-order valence-corrected chi connectivity index (χ2v) is 7.36. The molecule has 1 aromatic rings. The number of hydrogen-bond donors (Lipinski definition) is 2. The van der Waals surface area contributed by atoms with Gasteiger partial charge in [0.05, 0.1) is 13.1 Å². The Morgan fingerprint density at radius 1 is 1.50 bits per heavy atom. The molecular weight excluding hydrogens is 356 g/mol. The molecule has 2 N–H and O–H groups in total. The van der Waals surface area contributed by atoms with E-state index in [1.165, 1.54) is 11.3 Å². The van der Waals surface area contributed by atoms with E-state index in [1.807, 2.05) is 13.1 Å². The first-order chi connectivity index (χ1) is 7.54. The molecule has 0 spiro atoms. The number of amides is 1. The Hall–Kier alpha value is 0.0900. The molecule has 1 heterocycles. The molecule has 1 rings (SSSR count). The molecule has 1 atom stereocenters. The minimum absolute atomic E-state index is 0.0308. The number of rotatable bonds is 5. The van der Waals surface area contributed by atoms with Crippen molar-refractivity contribution in [3.05, 3.63) is 19.2 Å². The van der Waals surface area contributed by atoms with Crippen molar-refractivity contribution >= 4 is 49.1 Å². The maximum absolute atomic E-state index is 11.8. The summed E-state index contributed by atoms with van der Waals surface area (Å²) < 4.78 is 1.81. The van der Waals surface area contributed by atoms with E-state index in [9.17, 15) is 4.79 Å². The van der Waals surface area contributed by atoms with Crippen LogP contribution in [-0.2, 0) is 0 Å². The summed E-state index contributed by atoms with van der Waals surface area (Å²) in [5.41, 5.74) is 0.688. The molecule has 1 amide bonds. The van der Waals surface area contributed by atoms with Crippen molar-refractivity contribution in [1.29, 1.82) is 0 Å². The first-order valence-corrected chi connectivity index (χ1v) is 7.32. The van der Waals surface area contributed by atoms with Crippen LogP contribution < -0.4 is 10.6 Å². The normalized spacial score (nSPS) is 12.5. The highest BCUT2D eigenvalue weighted by molar-refractivity contribution is 9.12. The van der Waals surface area contributed by atoms with Gasteiger partial charge in [0.2, 0.25) is 0 Å². The first-order valence-electron chi connectivity index (χ1n) is 4.92. The van der Waals surface area contributed by atoms with Crippen molar-refractivity contribution in [3.8, 4) is 0 Å². The SMILES string of the molecule is CNCC(C)CNC(=O)c1cc(Br)sc1Br. The third kappa shape index (κ3) is 4.16. The number of carbonyl (C=O) groups excluding carboxylic acids is 1. The van der Waals surface area contributed by atoms with Gasteiger partial charge in [-0.1, -0.05) is 6.92 Å². The zero-order valence-corrected chi connectivity index (χ0v) is 13.1. The summed E-state index contributed by atoms with van der Waals surface area (Å²) in [7, 11) is 1.91. The molecule has 0 aliphatic heterocycles. The Kier molecular flexibility index (Phi) is 5.96. The minimum atomic E-state index is -0.0308. The van der Waals surface area contributed by atoms with Crippen molar-refractivity contribution in [3.63, 3.8) is 0 Å². The van der Waals surface area contributed by atoms with Crippen LogP contribution >= 0.6 is 43.2 Å². The summed E-state index contributed by atoms with van der Waals surface area (Å²) in [6, 6.07) is 1.83. The van der Waals surface area contributed by atoms with Crippen LogP contribution in [0.3, 0.4) is 0 Å². The Balaban J connectivity index is 2.50. The molecule has 0 aliphatic rings. The molecule has 0 aromatic carbocycles. The summed E-state index contributed by atoms with van der Waals surface area (Å²) in [5.74, 6) is 0.395. The zero-order chi connectivity index (χ0) is 12.1. The van der Waals surface area contributed by atoms with E-state index < -0.39 is 0 Å². The van der Waals surface area contributed by atoms with E-state index in [2.05, 4.69) is 49.4 Å². The van der Waals surface area contributed by atoms with Crippen molar-refractivity contribution in [1.82, 2.24) is 10.6 Å². The Labute approximate surface area is 116 Å². The molecular formula is C10H14Br2N2OS. The highest BCUT2D eigenvalue weighted by atomic mass is 79.9. The van der Waals surface area contributed by atoms with E-state index >= 15 is 0 Å². The third-order valence-electron chi connectivity index (χ3n) is 2.06. The van der Waals surface area contributed by atoms with Crippen LogP contribution in [0.5, 0.6) is 0 Å². The average Bonchev–Trinajstić information content (AvgIpc) is 2.55. The Morgan fingerprint density at radius 2 is 2.19 bits per heavy atom. The quantitative estimate of drug-likeness (QED) is 0.837. The predicted octanol–water partition coefficient (Wildman–Crippen LogP) is 2.86. The van der Waals surface area contributed by atoms with Gasteiger partial charge in [0, 0.05) is 6.54 Å². The molecule has 0 saturated heterocycles. The van der Waals surface area contributed by atoms with E-state index in [0.717, 1.165) is 14.1 Å². The van der Waals surface area contributed by atoms with Gasteiger partial charge in [0.1, 0.15) is 0 Å². The molecule has 16 heavy (non-hydrogen) atoms. The van der Waals surface area contributed by atoms with E-state index in [0.29, 0.717) is 18.0 Å². The number of thiophene rings is 1. The fourth-order valence-electron chi connectivity index (χ4n) is 1.28. The monoisotopic (exact) mass is 368 g/mol. The average molecular weight is 370 g/mol. The van der Waals surface area contributed by atoms with Gasteiger partial charge in [-0.15, -0.1) is 11.3 Å². The fraction of sp³-hybridized carbons (Fsp3) is 0.500. The molecule has 0 saturated carbocycles. The summed E-state index contributed by atoms with van der Waals surface area (Å²) in [5, 5.41) is 6.00. The van der Waals surface area contributed by atoms with Gasteiger partial charge in [-0.05, 0) is 57.4 Å². The Bertz CT molecular complexity index is 368. The highest BCUT2D eigenvalue weighted by Gasteiger charge is 2.13. The summed E-state index contributed by atoms with van der Waals surface area (Å²) >= 11 is 8.23. The second kappa shape index (κ2) is 6.74. The lowest BCUT2D eigenvalue weighted by Crippen LogP contribution is -2.32. The largest absolute Gasteiger partial charge is 0.352 e. The molecule has 0 fully saturated rings. The van der Waals surface area contributed by atoms with Crippen LogP contribution in [0.15, 0.2) is 13.6 Å². The van der Waals surface area contributed by atoms with Crippen LogP contribution in [-0.4, -0.2) is 26.0 Å². The standard InChI is InChI=1S/C10H14Br2N2OS/c1-6(4-13-2)5-14-10(15)7-3-8(11)16-9(7)12/h3,6,13H,4-5H2,1-2H3,(H,14,15). The van der Waals surface area contributed by atoms with E-state index in [-0.39, 0.29) is 5.91 Å². The van der Waals surface area contributed by atoms with Crippen molar-refractivity contribution in [2.75, 3.05) is 20.1 Å². The van der Waals surface area contributed by atoms with Crippen molar-refractivity contribution < 1.29 is 4.79 Å². The van der Waals surface area contributed by atoms with Gasteiger partial charge in [-0.25, -0.2) is 0 Å². The van der Waals surface area contributed by atoms with Gasteiger partial charge < -0.3 is 10.6 Å². The lowest BCUT2D eigenvalue weighted by atomic mass is 10.2. The van der Waals surface area contributed by atoms with Gasteiger partial charge in [0.25, 0.3) is 5.91 Å². The molecule has 0 radical (unpaired) electrons.